The summed E-state index contributed by atoms with van der Waals surface area (Å²) < 4.78 is 11.6. The van der Waals surface area contributed by atoms with E-state index in [0.29, 0.717) is 12.3 Å². The van der Waals surface area contributed by atoms with Crippen molar-refractivity contribution >= 4 is 11.9 Å². The minimum Gasteiger partial charge on any atom is -0.493 e. The molecule has 0 fully saturated rings. The van der Waals surface area contributed by atoms with Crippen LogP contribution in [-0.4, -0.2) is 33.9 Å². The molecule has 0 spiro atoms. The van der Waals surface area contributed by atoms with Crippen LogP contribution in [0.3, 0.4) is 0 Å². The quantitative estimate of drug-likeness (QED) is 0.667. The van der Waals surface area contributed by atoms with Crippen molar-refractivity contribution < 1.29 is 24.2 Å². The second-order valence-corrected chi connectivity index (χ2v) is 4.07. The van der Waals surface area contributed by atoms with Crippen molar-refractivity contribution in [3.63, 3.8) is 0 Å². The Morgan fingerprint density at radius 1 is 1.29 bits per heavy atom. The summed E-state index contributed by atoms with van der Waals surface area (Å²) in [7, 11) is 1.45. The van der Waals surface area contributed by atoms with Crippen LogP contribution < -0.4 is 9.47 Å². The third kappa shape index (κ3) is 2.86. The third-order valence-corrected chi connectivity index (χ3v) is 2.83. The average Bonchev–Trinajstić information content (AvgIpc) is 2.92. The molecule has 0 bridgehead atoms. The Balaban J connectivity index is 2.36. The van der Waals surface area contributed by atoms with Gasteiger partial charge in [-0.15, -0.1) is 0 Å². The number of aromatic carboxylic acids is 1. The standard InChI is InChI=1S/C14H14N2O5/c1-3-16-12(9(8-15-16)13(17)18)14(19)21-11-7-5-4-6-10(11)20-2/h4-8H,3H2,1-2H3,(H,17,18). The molecule has 0 saturated carbocycles. The van der Waals surface area contributed by atoms with Gasteiger partial charge in [0.25, 0.3) is 0 Å². The lowest BCUT2D eigenvalue weighted by molar-refractivity contribution is 0.0660. The minimum atomic E-state index is -1.23. The van der Waals surface area contributed by atoms with Crippen molar-refractivity contribution in [1.29, 1.82) is 0 Å². The molecule has 2 aromatic rings. The Bertz CT molecular complexity index is 678. The van der Waals surface area contributed by atoms with Crippen molar-refractivity contribution in [2.75, 3.05) is 7.11 Å². The zero-order valence-corrected chi connectivity index (χ0v) is 11.6. The highest BCUT2D eigenvalue weighted by Crippen LogP contribution is 2.27. The lowest BCUT2D eigenvalue weighted by Gasteiger charge is -2.10. The summed E-state index contributed by atoms with van der Waals surface area (Å²) in [5.74, 6) is -1.44. The molecule has 0 radical (unpaired) electrons. The number of para-hydroxylation sites is 2. The van der Waals surface area contributed by atoms with E-state index in [-0.39, 0.29) is 17.0 Å². The van der Waals surface area contributed by atoms with Gasteiger partial charge < -0.3 is 14.6 Å². The molecule has 21 heavy (non-hydrogen) atoms. The van der Waals surface area contributed by atoms with E-state index in [1.165, 1.54) is 11.8 Å². The molecule has 0 unspecified atom stereocenters. The van der Waals surface area contributed by atoms with E-state index in [4.69, 9.17) is 14.6 Å². The SMILES string of the molecule is CCn1ncc(C(=O)O)c1C(=O)Oc1ccccc1OC. The first-order valence-corrected chi connectivity index (χ1v) is 6.22. The van der Waals surface area contributed by atoms with Crippen LogP contribution in [0.5, 0.6) is 11.5 Å². The van der Waals surface area contributed by atoms with Gasteiger partial charge in [0.05, 0.1) is 13.3 Å². The second-order valence-electron chi connectivity index (χ2n) is 4.07. The van der Waals surface area contributed by atoms with Crippen LogP contribution in [0.1, 0.15) is 27.8 Å². The van der Waals surface area contributed by atoms with Crippen LogP contribution in [0.25, 0.3) is 0 Å². The molecule has 110 valence electrons. The van der Waals surface area contributed by atoms with Gasteiger partial charge in [-0.05, 0) is 19.1 Å². The van der Waals surface area contributed by atoms with Crippen LogP contribution in [0.15, 0.2) is 30.5 Å². The van der Waals surface area contributed by atoms with Crippen LogP contribution in [0.2, 0.25) is 0 Å². The molecule has 0 amide bonds. The maximum absolute atomic E-state index is 12.2. The summed E-state index contributed by atoms with van der Waals surface area (Å²) >= 11 is 0. The molecule has 1 aromatic heterocycles. The number of benzene rings is 1. The number of rotatable bonds is 5. The summed E-state index contributed by atoms with van der Waals surface area (Å²) in [5, 5.41) is 13.0. The third-order valence-electron chi connectivity index (χ3n) is 2.83. The molecule has 1 heterocycles. The van der Waals surface area contributed by atoms with Gasteiger partial charge in [-0.1, -0.05) is 12.1 Å². The van der Waals surface area contributed by atoms with E-state index in [2.05, 4.69) is 5.10 Å². The Hall–Kier alpha value is -2.83. The summed E-state index contributed by atoms with van der Waals surface area (Å²) in [5.41, 5.74) is -0.298. The molecule has 2 rings (SSSR count). The molecule has 0 aliphatic carbocycles. The van der Waals surface area contributed by atoms with Gasteiger partial charge in [0, 0.05) is 6.54 Å². The number of carbonyl (C=O) groups is 2. The number of aromatic nitrogens is 2. The van der Waals surface area contributed by atoms with Gasteiger partial charge in [0.1, 0.15) is 5.56 Å². The highest BCUT2D eigenvalue weighted by Gasteiger charge is 2.25. The first-order chi connectivity index (χ1) is 10.1. The fourth-order valence-corrected chi connectivity index (χ4v) is 1.85. The second kappa shape index (κ2) is 6.08. The van der Waals surface area contributed by atoms with E-state index < -0.39 is 11.9 Å². The fraction of sp³-hybridized carbons (Fsp3) is 0.214. The van der Waals surface area contributed by atoms with Crippen LogP contribution in [-0.2, 0) is 6.54 Å². The summed E-state index contributed by atoms with van der Waals surface area (Å²) in [6, 6.07) is 6.61. The van der Waals surface area contributed by atoms with E-state index in [1.54, 1.807) is 31.2 Å². The molecular formula is C14H14N2O5. The van der Waals surface area contributed by atoms with Gasteiger partial charge in [-0.25, -0.2) is 9.59 Å². The Kier molecular flexibility index (Phi) is 4.22. The van der Waals surface area contributed by atoms with Crippen molar-refractivity contribution in [3.8, 4) is 11.5 Å². The zero-order valence-electron chi connectivity index (χ0n) is 11.6. The van der Waals surface area contributed by atoms with Crippen LogP contribution in [0.4, 0.5) is 0 Å². The number of methoxy groups -OCH3 is 1. The number of carboxylic acid groups (broad SMARTS) is 1. The number of aryl methyl sites for hydroxylation is 1. The molecule has 1 aromatic carbocycles. The Morgan fingerprint density at radius 3 is 2.52 bits per heavy atom. The molecule has 0 saturated heterocycles. The van der Waals surface area contributed by atoms with Crippen molar-refractivity contribution in [1.82, 2.24) is 9.78 Å². The predicted octanol–water partition coefficient (Wildman–Crippen LogP) is 1.83. The van der Waals surface area contributed by atoms with Gasteiger partial charge in [-0.3, -0.25) is 4.68 Å². The number of carbonyl (C=O) groups excluding carboxylic acids is 1. The maximum Gasteiger partial charge on any atom is 0.363 e. The van der Waals surface area contributed by atoms with E-state index in [1.807, 2.05) is 0 Å². The molecule has 0 atom stereocenters. The molecule has 1 N–H and O–H groups in total. The zero-order chi connectivity index (χ0) is 15.4. The highest BCUT2D eigenvalue weighted by molar-refractivity contribution is 6.01. The fourth-order valence-electron chi connectivity index (χ4n) is 1.85. The average molecular weight is 290 g/mol. The Morgan fingerprint density at radius 2 is 1.95 bits per heavy atom. The molecule has 7 heteroatoms. The van der Waals surface area contributed by atoms with Gasteiger partial charge in [0.2, 0.25) is 0 Å². The molecule has 7 nitrogen and oxygen atoms in total. The number of hydrogen-bond donors (Lipinski definition) is 1. The number of esters is 1. The number of nitrogens with zero attached hydrogens (tertiary/aromatic N) is 2. The Labute approximate surface area is 120 Å². The predicted molar refractivity (Wildman–Crippen MR) is 72.8 cm³/mol. The van der Waals surface area contributed by atoms with E-state index in [9.17, 15) is 9.59 Å². The number of carboxylic acids is 1. The normalized spacial score (nSPS) is 10.2. The largest absolute Gasteiger partial charge is 0.493 e. The lowest BCUT2D eigenvalue weighted by atomic mass is 10.2. The van der Waals surface area contributed by atoms with Crippen molar-refractivity contribution in [3.05, 3.63) is 41.7 Å². The van der Waals surface area contributed by atoms with Crippen molar-refractivity contribution in [2.45, 2.75) is 13.5 Å². The lowest BCUT2D eigenvalue weighted by Crippen LogP contribution is -2.18. The monoisotopic (exact) mass is 290 g/mol. The van der Waals surface area contributed by atoms with Crippen LogP contribution >= 0.6 is 0 Å². The highest BCUT2D eigenvalue weighted by atomic mass is 16.6. The number of hydrogen-bond acceptors (Lipinski definition) is 5. The number of ether oxygens (including phenoxy) is 2. The summed E-state index contributed by atoms with van der Waals surface area (Å²) in [4.78, 5) is 23.4. The van der Waals surface area contributed by atoms with E-state index in [0.717, 1.165) is 6.20 Å². The summed E-state index contributed by atoms with van der Waals surface area (Å²) in [6.07, 6.45) is 1.13. The topological polar surface area (TPSA) is 90.7 Å². The van der Waals surface area contributed by atoms with Gasteiger partial charge >= 0.3 is 11.9 Å². The van der Waals surface area contributed by atoms with E-state index >= 15 is 0 Å². The minimum absolute atomic E-state index is 0.101. The van der Waals surface area contributed by atoms with Gasteiger partial charge in [-0.2, -0.15) is 5.10 Å². The molecular weight excluding hydrogens is 276 g/mol. The smallest absolute Gasteiger partial charge is 0.363 e. The molecule has 0 aliphatic heterocycles. The first-order valence-electron chi connectivity index (χ1n) is 6.22. The first kappa shape index (κ1) is 14.6. The van der Waals surface area contributed by atoms with Crippen molar-refractivity contribution in [2.24, 2.45) is 0 Å². The summed E-state index contributed by atoms with van der Waals surface area (Å²) in [6.45, 7) is 2.10. The maximum atomic E-state index is 12.2. The van der Waals surface area contributed by atoms with Crippen LogP contribution in [0, 0.1) is 0 Å². The molecule has 0 aliphatic rings. The van der Waals surface area contributed by atoms with Gasteiger partial charge in [0.15, 0.2) is 17.2 Å².